The summed E-state index contributed by atoms with van der Waals surface area (Å²) in [5, 5.41) is 0. The maximum atomic E-state index is 12.0. The number of fused-ring (bicyclic) bond motifs is 5. The lowest BCUT2D eigenvalue weighted by Crippen LogP contribution is -2.65. The second kappa shape index (κ2) is 3.12. The lowest BCUT2D eigenvalue weighted by atomic mass is 9.80. The summed E-state index contributed by atoms with van der Waals surface area (Å²) in [7, 11) is 0. The molecule has 0 radical (unpaired) electrons. The van der Waals surface area contributed by atoms with Gasteiger partial charge in [0.15, 0.2) is 0 Å². The molecule has 3 aliphatic rings. The Morgan fingerprint density at radius 1 is 1.35 bits per heavy atom. The molecule has 0 spiro atoms. The summed E-state index contributed by atoms with van der Waals surface area (Å²) in [6.45, 7) is 5.44. The molecule has 1 heterocycles. The first-order valence-electron chi connectivity index (χ1n) is 6.13. The van der Waals surface area contributed by atoms with Crippen LogP contribution in [0.25, 0.3) is 0 Å². The molecular formula is C13H17NO3. The van der Waals surface area contributed by atoms with Crippen molar-refractivity contribution < 1.29 is 14.3 Å². The Morgan fingerprint density at radius 3 is 2.65 bits per heavy atom. The van der Waals surface area contributed by atoms with Crippen LogP contribution in [0.2, 0.25) is 0 Å². The van der Waals surface area contributed by atoms with E-state index in [1.807, 2.05) is 20.8 Å². The Bertz CT molecular complexity index is 421. The van der Waals surface area contributed by atoms with Crippen LogP contribution in [0, 0.1) is 17.8 Å². The van der Waals surface area contributed by atoms with Gasteiger partial charge < -0.3 is 4.74 Å². The predicted molar refractivity (Wildman–Crippen MR) is 61.1 cm³/mol. The van der Waals surface area contributed by atoms with Crippen LogP contribution in [0.3, 0.4) is 0 Å². The monoisotopic (exact) mass is 235 g/mol. The van der Waals surface area contributed by atoms with E-state index in [4.69, 9.17) is 4.74 Å². The van der Waals surface area contributed by atoms with Crippen molar-refractivity contribution in [3.63, 3.8) is 0 Å². The highest BCUT2D eigenvalue weighted by Gasteiger charge is 2.62. The van der Waals surface area contributed by atoms with Crippen LogP contribution >= 0.6 is 0 Å². The highest BCUT2D eigenvalue weighted by Crippen LogP contribution is 2.52. The topological polar surface area (TPSA) is 46.6 Å². The van der Waals surface area contributed by atoms with Gasteiger partial charge in [0.25, 0.3) is 0 Å². The van der Waals surface area contributed by atoms with Crippen molar-refractivity contribution >= 4 is 12.0 Å². The second-order valence-corrected chi connectivity index (χ2v) is 6.15. The number of likely N-dealkylation sites (tertiary alicyclic amines) is 1. The van der Waals surface area contributed by atoms with Crippen LogP contribution in [0.4, 0.5) is 4.79 Å². The van der Waals surface area contributed by atoms with Crippen LogP contribution in [0.5, 0.6) is 0 Å². The van der Waals surface area contributed by atoms with Crippen molar-refractivity contribution in [2.24, 2.45) is 17.8 Å². The molecule has 4 heteroatoms. The number of ether oxygens (including phenoxy) is 1. The fraction of sp³-hybridized carbons (Fsp3) is 0.692. The molecule has 4 atom stereocenters. The zero-order valence-electron chi connectivity index (χ0n) is 10.3. The van der Waals surface area contributed by atoms with Gasteiger partial charge in [-0.2, -0.15) is 0 Å². The normalized spacial score (nSPS) is 38.1. The van der Waals surface area contributed by atoms with Gasteiger partial charge in [-0.1, -0.05) is 12.2 Å². The molecule has 3 rings (SSSR count). The summed E-state index contributed by atoms with van der Waals surface area (Å²) in [6, 6.07) is 0.0624. The number of nitrogens with zero attached hydrogens (tertiary/aromatic N) is 1. The SMILES string of the molecule is CC(C)(C)OC(=O)N1C(=O)[C@@H]2C1[C@H]1C=C[C@@H]2C1. The van der Waals surface area contributed by atoms with Crippen LogP contribution in [-0.2, 0) is 9.53 Å². The minimum atomic E-state index is -0.546. The van der Waals surface area contributed by atoms with Gasteiger partial charge in [-0.25, -0.2) is 9.69 Å². The first-order chi connectivity index (χ1) is 7.88. The number of hydrogen-bond donors (Lipinski definition) is 0. The summed E-state index contributed by atoms with van der Waals surface area (Å²) in [5.41, 5.74) is -0.546. The Kier molecular flexibility index (Phi) is 1.98. The standard InChI is InChI=1S/C13H17NO3/c1-13(2,3)17-12(16)14-10-8-5-4-7(6-8)9(10)11(14)15/h4-5,7-10H,6H2,1-3H3/t7-,8+,9+,10?/m1/s1. The van der Waals surface area contributed by atoms with Crippen LogP contribution in [-0.4, -0.2) is 28.5 Å². The van der Waals surface area contributed by atoms with E-state index in [1.54, 1.807) is 0 Å². The van der Waals surface area contributed by atoms with E-state index in [2.05, 4.69) is 12.2 Å². The number of hydrogen-bond acceptors (Lipinski definition) is 3. The fourth-order valence-electron chi connectivity index (χ4n) is 3.23. The number of carbonyl (C=O) groups is 2. The summed E-state index contributed by atoms with van der Waals surface area (Å²) >= 11 is 0. The highest BCUT2D eigenvalue weighted by atomic mass is 16.6. The Labute approximate surface area is 101 Å². The quantitative estimate of drug-likeness (QED) is 0.476. The first kappa shape index (κ1) is 10.8. The third kappa shape index (κ3) is 1.43. The Hall–Kier alpha value is -1.32. The summed E-state index contributed by atoms with van der Waals surface area (Å²) < 4.78 is 5.27. The number of β-lactam (4-membered cyclic amide) rings is 1. The number of amides is 2. The van der Waals surface area contributed by atoms with Gasteiger partial charge in [-0.15, -0.1) is 0 Å². The molecule has 4 nitrogen and oxygen atoms in total. The molecular weight excluding hydrogens is 218 g/mol. The second-order valence-electron chi connectivity index (χ2n) is 6.15. The van der Waals surface area contributed by atoms with E-state index in [9.17, 15) is 9.59 Å². The van der Waals surface area contributed by atoms with Gasteiger partial charge in [-0.3, -0.25) is 4.79 Å². The van der Waals surface area contributed by atoms with Crippen LogP contribution in [0.15, 0.2) is 12.2 Å². The molecule has 1 aliphatic heterocycles. The fourth-order valence-corrected chi connectivity index (χ4v) is 3.23. The first-order valence-corrected chi connectivity index (χ1v) is 6.13. The molecule has 0 N–H and O–H groups in total. The smallest absolute Gasteiger partial charge is 0.417 e. The van der Waals surface area contributed by atoms with E-state index < -0.39 is 11.7 Å². The van der Waals surface area contributed by atoms with Gasteiger partial charge in [0.2, 0.25) is 5.91 Å². The van der Waals surface area contributed by atoms with E-state index in [-0.39, 0.29) is 17.9 Å². The molecule has 1 unspecified atom stereocenters. The van der Waals surface area contributed by atoms with Crippen molar-refractivity contribution in [1.29, 1.82) is 0 Å². The molecule has 0 aromatic rings. The van der Waals surface area contributed by atoms with Crippen LogP contribution in [0.1, 0.15) is 27.2 Å². The maximum absolute atomic E-state index is 12.0. The lowest BCUT2D eigenvalue weighted by molar-refractivity contribution is -0.154. The molecule has 17 heavy (non-hydrogen) atoms. The molecule has 2 bridgehead atoms. The minimum Gasteiger partial charge on any atom is -0.443 e. The summed E-state index contributed by atoms with van der Waals surface area (Å²) in [6.07, 6.45) is 4.79. The van der Waals surface area contributed by atoms with E-state index >= 15 is 0 Å². The van der Waals surface area contributed by atoms with Gasteiger partial charge in [0.05, 0.1) is 12.0 Å². The number of allylic oxidation sites excluding steroid dienone is 1. The Balaban J connectivity index is 1.76. The molecule has 92 valence electrons. The molecule has 2 aliphatic carbocycles. The summed E-state index contributed by atoms with van der Waals surface area (Å²) in [4.78, 5) is 25.2. The van der Waals surface area contributed by atoms with E-state index in [0.717, 1.165) is 6.42 Å². The zero-order chi connectivity index (χ0) is 12.4. The zero-order valence-corrected chi connectivity index (χ0v) is 10.3. The van der Waals surface area contributed by atoms with Crippen molar-refractivity contribution in [1.82, 2.24) is 4.90 Å². The van der Waals surface area contributed by atoms with Crippen molar-refractivity contribution in [2.45, 2.75) is 38.8 Å². The van der Waals surface area contributed by atoms with Crippen molar-refractivity contribution in [3.8, 4) is 0 Å². The lowest BCUT2D eigenvalue weighted by Gasteiger charge is -2.46. The third-order valence-corrected chi connectivity index (χ3v) is 3.83. The molecule has 1 saturated carbocycles. The minimum absolute atomic E-state index is 0.0394. The number of imide groups is 1. The average Bonchev–Trinajstić information content (AvgIpc) is 2.70. The van der Waals surface area contributed by atoms with Crippen LogP contribution < -0.4 is 0 Å². The van der Waals surface area contributed by atoms with Gasteiger partial charge in [0, 0.05) is 0 Å². The number of carbonyl (C=O) groups excluding carboxylic acids is 2. The van der Waals surface area contributed by atoms with Crippen molar-refractivity contribution in [3.05, 3.63) is 12.2 Å². The molecule has 0 aromatic heterocycles. The average molecular weight is 235 g/mol. The van der Waals surface area contributed by atoms with E-state index in [1.165, 1.54) is 4.90 Å². The highest BCUT2D eigenvalue weighted by molar-refractivity contribution is 6.00. The molecule has 0 aromatic carbocycles. The van der Waals surface area contributed by atoms with Crippen molar-refractivity contribution in [2.75, 3.05) is 0 Å². The van der Waals surface area contributed by atoms with E-state index in [0.29, 0.717) is 11.8 Å². The molecule has 2 fully saturated rings. The predicted octanol–water partition coefficient (Wildman–Crippen LogP) is 1.95. The maximum Gasteiger partial charge on any atom is 0.417 e. The van der Waals surface area contributed by atoms with Gasteiger partial charge >= 0.3 is 6.09 Å². The Morgan fingerprint density at radius 2 is 2.00 bits per heavy atom. The largest absolute Gasteiger partial charge is 0.443 e. The third-order valence-electron chi connectivity index (χ3n) is 3.83. The molecule has 2 amide bonds. The van der Waals surface area contributed by atoms with Gasteiger partial charge in [0.1, 0.15) is 5.60 Å². The summed E-state index contributed by atoms with van der Waals surface area (Å²) in [5.74, 6) is 0.699. The number of rotatable bonds is 0. The van der Waals surface area contributed by atoms with Gasteiger partial charge in [-0.05, 0) is 39.0 Å². The molecule has 1 saturated heterocycles.